The number of fused-ring (bicyclic) bond motifs is 3. The number of anilines is 6. The molecule has 0 aliphatic carbocycles. The van der Waals surface area contributed by atoms with Gasteiger partial charge in [0, 0.05) is 116 Å². The number of hydrogen-bond acceptors (Lipinski definition) is 26. The van der Waals surface area contributed by atoms with Gasteiger partial charge in [-0.15, -0.1) is 0 Å². The molecule has 39 nitrogen and oxygen atoms in total. The van der Waals surface area contributed by atoms with E-state index in [9.17, 15) is 52.7 Å². The van der Waals surface area contributed by atoms with E-state index in [1.807, 2.05) is 89.4 Å². The third kappa shape index (κ3) is 36.1. The number of imidazole rings is 3. The number of benzene rings is 6. The summed E-state index contributed by atoms with van der Waals surface area (Å²) >= 11 is 0. The number of nitrogens with zero attached hydrogens (tertiary/aromatic N) is 15. The first-order valence-corrected chi connectivity index (χ1v) is 48.8. The van der Waals surface area contributed by atoms with E-state index in [0.29, 0.717) is 107 Å². The number of amides is 6. The van der Waals surface area contributed by atoms with E-state index >= 15 is 0 Å². The molecule has 12 rings (SSSR count). The van der Waals surface area contributed by atoms with Crippen LogP contribution < -0.4 is 47.9 Å². The Morgan fingerprint density at radius 3 is 0.849 bits per heavy atom. The molecule has 0 saturated heterocycles. The molecular weight excluding hydrogens is 1870 g/mol. The highest BCUT2D eigenvalue weighted by molar-refractivity contribution is 6.10. The second-order valence-electron chi connectivity index (χ2n) is 33.4. The first-order chi connectivity index (χ1) is 70.5. The van der Waals surface area contributed by atoms with Gasteiger partial charge in [-0.1, -0.05) is 96.8 Å². The molecular formula is C107H131N21O18. The average molecular weight is 2000 g/mol. The number of nitrogens with two attached hydrogens (primary N) is 3. The fourth-order valence-electron chi connectivity index (χ4n) is 14.7. The molecule has 0 bridgehead atoms. The van der Waals surface area contributed by atoms with Crippen molar-refractivity contribution in [3.8, 4) is 0 Å². The molecule has 39 heteroatoms. The van der Waals surface area contributed by atoms with Crippen molar-refractivity contribution >= 4 is 151 Å². The van der Waals surface area contributed by atoms with Gasteiger partial charge < -0.3 is 85.2 Å². The number of aryl methyl sites for hydroxylation is 3. The fourth-order valence-corrected chi connectivity index (χ4v) is 14.7. The lowest BCUT2D eigenvalue weighted by Crippen LogP contribution is -2.34. The van der Waals surface area contributed by atoms with Gasteiger partial charge in [-0.05, 0) is 211 Å². The van der Waals surface area contributed by atoms with Crippen LogP contribution in [0.5, 0.6) is 0 Å². The second-order valence-corrected chi connectivity index (χ2v) is 33.4. The van der Waals surface area contributed by atoms with Crippen LogP contribution in [-0.2, 0) is 93.2 Å². The highest BCUT2D eigenvalue weighted by atomic mass is 16.6. The van der Waals surface area contributed by atoms with Gasteiger partial charge in [-0.25, -0.2) is 44.3 Å². The number of aliphatic carboxylic acids is 1. The number of aromatic nitrogens is 9. The number of carbonyl (C=O) groups is 11. The zero-order valence-electron chi connectivity index (χ0n) is 84.4. The molecule has 6 aromatic heterocycles. The zero-order chi connectivity index (χ0) is 105. The second kappa shape index (κ2) is 60.0. The van der Waals surface area contributed by atoms with Gasteiger partial charge in [-0.2, -0.15) is 15.0 Å². The maximum Gasteiger partial charge on any atom is 0.435 e. The Labute approximate surface area is 848 Å². The largest absolute Gasteiger partial charge is 0.481 e. The van der Waals surface area contributed by atoms with Crippen molar-refractivity contribution in [2.24, 2.45) is 53.3 Å². The molecule has 6 heterocycles. The van der Waals surface area contributed by atoms with Crippen LogP contribution in [-0.4, -0.2) is 191 Å². The number of amidine groups is 3. The lowest BCUT2D eigenvalue weighted by molar-refractivity contribution is -0.143. The SMILES string of the molecule is CC(=O)CCC(=O)O.CCCCCCOC(=O)/N=C(/N)c1ccc(NCc2nc3cc(C(=O)N(CCC(=O)OCC)c4ccccn4)ccc3n2C)cc1.CCCCCCOC(=O)/N=C(/N)c1ccc(NCc2nc3cc(C(=O)N(CCC(=O)OCC)c4ccccn4)ccc3n2C)cc1.CCCCCCOC(=O)/N=C(/N)c1ccc(NCc2nc3cc(C(=O)N(CCC(=O)OCC)c4ccccn4)ccc3n2C)cc1. The fraction of sp³-hybridized carbons (Fsp3) is 0.364. The number of carbonyl (C=O) groups excluding carboxylic acids is 10. The molecule has 0 spiro atoms. The number of aliphatic imine (C=N–C) groups is 3. The summed E-state index contributed by atoms with van der Waals surface area (Å²) in [7, 11) is 5.74. The molecule has 146 heavy (non-hydrogen) atoms. The number of esters is 3. The molecule has 0 aliphatic heterocycles. The van der Waals surface area contributed by atoms with Gasteiger partial charge in [-0.3, -0.25) is 48.3 Å². The van der Waals surface area contributed by atoms with Crippen molar-refractivity contribution in [2.45, 2.75) is 177 Å². The van der Waals surface area contributed by atoms with Gasteiger partial charge in [0.05, 0.1) is 118 Å². The molecule has 772 valence electrons. The van der Waals surface area contributed by atoms with Crippen LogP contribution >= 0.6 is 0 Å². The van der Waals surface area contributed by atoms with Gasteiger partial charge in [0.15, 0.2) is 0 Å². The maximum absolute atomic E-state index is 13.6. The predicted octanol–water partition coefficient (Wildman–Crippen LogP) is 17.2. The molecule has 0 aliphatic rings. The number of hydrogen-bond donors (Lipinski definition) is 7. The van der Waals surface area contributed by atoms with E-state index in [0.717, 1.165) is 128 Å². The normalized spacial score (nSPS) is 11.2. The Bertz CT molecular complexity index is 5810. The summed E-state index contributed by atoms with van der Waals surface area (Å²) in [4.78, 5) is 176. The number of carboxylic acid groups (broad SMARTS) is 1. The van der Waals surface area contributed by atoms with Crippen LogP contribution in [0, 0.1) is 0 Å². The van der Waals surface area contributed by atoms with E-state index in [-0.39, 0.29) is 130 Å². The van der Waals surface area contributed by atoms with Crippen molar-refractivity contribution in [1.82, 2.24) is 43.6 Å². The minimum atomic E-state index is -0.916. The molecule has 0 saturated carbocycles. The topological polar surface area (TPSA) is 516 Å². The van der Waals surface area contributed by atoms with Crippen LogP contribution in [0.25, 0.3) is 33.1 Å². The number of rotatable bonds is 48. The smallest absolute Gasteiger partial charge is 0.435 e. The Morgan fingerprint density at radius 2 is 0.616 bits per heavy atom. The van der Waals surface area contributed by atoms with Gasteiger partial charge in [0.25, 0.3) is 17.7 Å². The summed E-state index contributed by atoms with van der Waals surface area (Å²) < 4.78 is 36.4. The number of ether oxygens (including phenoxy) is 6. The van der Waals surface area contributed by atoms with Crippen LogP contribution in [0.15, 0.2) is 216 Å². The number of nitrogens with one attached hydrogen (secondary N) is 3. The Balaban J connectivity index is 0.000000234. The third-order valence-corrected chi connectivity index (χ3v) is 22.6. The van der Waals surface area contributed by atoms with E-state index in [1.54, 1.807) is 167 Å². The van der Waals surface area contributed by atoms with Crippen LogP contribution in [0.4, 0.5) is 48.9 Å². The number of carboxylic acids is 1. The van der Waals surface area contributed by atoms with Crippen LogP contribution in [0.3, 0.4) is 0 Å². The van der Waals surface area contributed by atoms with Crippen LogP contribution in [0.1, 0.15) is 223 Å². The molecule has 0 unspecified atom stereocenters. The van der Waals surface area contributed by atoms with Crippen molar-refractivity contribution in [3.63, 3.8) is 0 Å². The molecule has 6 aromatic carbocycles. The van der Waals surface area contributed by atoms with E-state index in [2.05, 4.69) is 66.7 Å². The standard InChI is InChI=1S/3C34H41N7O5.C5H8O3/c3*1-4-6-7-10-21-46-34(44)39-32(35)24-12-15-26(16-13-24)37-23-30-38-27-22-25(14-17-28(27)40(30)3)33(43)41(20-18-31(42)45-5-2)29-11-8-9-19-36-29;1-4(6)2-3-5(7)8/h3*8-9,11-17,19,22,37H,4-7,10,18,20-21,23H2,1-3H3,(H2,35,39,44);2-3H2,1H3,(H,7,8). The Morgan fingerprint density at radius 1 is 0.342 bits per heavy atom. The molecule has 0 atom stereocenters. The minimum Gasteiger partial charge on any atom is -0.481 e. The summed E-state index contributed by atoms with van der Waals surface area (Å²) in [6.45, 7) is 16.4. The predicted molar refractivity (Wildman–Crippen MR) is 561 cm³/mol. The van der Waals surface area contributed by atoms with Crippen molar-refractivity contribution < 1.29 is 86.3 Å². The first kappa shape index (κ1) is 113. The molecule has 0 radical (unpaired) electrons. The highest BCUT2D eigenvalue weighted by Crippen LogP contribution is 2.28. The van der Waals surface area contributed by atoms with Crippen molar-refractivity contribution in [3.05, 3.63) is 251 Å². The number of unbranched alkanes of at least 4 members (excludes halogenated alkanes) is 9. The third-order valence-electron chi connectivity index (χ3n) is 22.6. The van der Waals surface area contributed by atoms with Gasteiger partial charge in [0.2, 0.25) is 0 Å². The lowest BCUT2D eigenvalue weighted by atomic mass is 10.1. The highest BCUT2D eigenvalue weighted by Gasteiger charge is 2.27. The van der Waals surface area contributed by atoms with Crippen LogP contribution in [0.2, 0.25) is 0 Å². The average Bonchev–Trinajstić information content (AvgIpc) is 1.65. The summed E-state index contributed by atoms with van der Waals surface area (Å²) in [5.41, 5.74) is 28.2. The molecule has 6 amide bonds. The Hall–Kier alpha value is -16.6. The molecule has 0 fully saturated rings. The van der Waals surface area contributed by atoms with E-state index < -0.39 is 24.2 Å². The molecule has 12 aromatic rings. The van der Waals surface area contributed by atoms with Gasteiger partial charge >= 0.3 is 42.2 Å². The zero-order valence-corrected chi connectivity index (χ0v) is 84.4. The van der Waals surface area contributed by atoms with Crippen molar-refractivity contribution in [2.75, 3.05) is 89.9 Å². The van der Waals surface area contributed by atoms with Crippen molar-refractivity contribution in [1.29, 1.82) is 0 Å². The van der Waals surface area contributed by atoms with E-state index in [4.69, 9.17) is 65.7 Å². The number of ketones is 1. The minimum absolute atomic E-state index is 0.0455. The summed E-state index contributed by atoms with van der Waals surface area (Å²) in [5, 5.41) is 18.0. The summed E-state index contributed by atoms with van der Waals surface area (Å²) in [6.07, 6.45) is 15.1. The van der Waals surface area contributed by atoms with E-state index in [1.165, 1.54) is 21.6 Å². The quantitative estimate of drug-likeness (QED) is 0.00612. The summed E-state index contributed by atoms with van der Waals surface area (Å²) in [6, 6.07) is 53.6. The first-order valence-electron chi connectivity index (χ1n) is 48.8. The number of Topliss-reactive ketones (excluding diaryl/α,β-unsaturated/α-hetero) is 1. The van der Waals surface area contributed by atoms with Gasteiger partial charge in [0.1, 0.15) is 58.2 Å². The monoisotopic (exact) mass is 2000 g/mol. The maximum atomic E-state index is 13.6. The lowest BCUT2D eigenvalue weighted by Gasteiger charge is -2.21. The number of pyridine rings is 3. The summed E-state index contributed by atoms with van der Waals surface area (Å²) in [5.74, 6) is 0.867. The molecule has 10 N–H and O–H groups in total. The Kier molecular flexibility index (Phi) is 46.4.